The molecule has 1 amide bonds. The van der Waals surface area contributed by atoms with Crippen LogP contribution in [0.1, 0.15) is 51.9 Å². The maximum atomic E-state index is 12.8. The van der Waals surface area contributed by atoms with Crippen LogP contribution in [0.5, 0.6) is 0 Å². The molecule has 1 N–H and O–H groups in total. The third kappa shape index (κ3) is 5.61. The summed E-state index contributed by atoms with van der Waals surface area (Å²) in [4.78, 5) is 12.8. The van der Waals surface area contributed by atoms with Crippen LogP contribution in [0.3, 0.4) is 0 Å². The van der Waals surface area contributed by atoms with Gasteiger partial charge in [-0.2, -0.15) is 0 Å². The number of nitrogens with one attached hydrogen (secondary N) is 1. The van der Waals surface area contributed by atoms with Gasteiger partial charge < -0.3 is 5.32 Å². The molecule has 0 aliphatic heterocycles. The zero-order valence-electron chi connectivity index (χ0n) is 14.9. The molecule has 0 heterocycles. The van der Waals surface area contributed by atoms with Crippen LogP contribution in [0.2, 0.25) is 5.02 Å². The molecule has 140 valence electrons. The van der Waals surface area contributed by atoms with Crippen LogP contribution >= 0.6 is 11.6 Å². The van der Waals surface area contributed by atoms with Gasteiger partial charge in [0.1, 0.15) is 6.04 Å². The van der Waals surface area contributed by atoms with Gasteiger partial charge in [0.25, 0.3) is 0 Å². The van der Waals surface area contributed by atoms with E-state index in [0.29, 0.717) is 17.1 Å². The summed E-state index contributed by atoms with van der Waals surface area (Å²) in [5.74, 6) is -0.227. The van der Waals surface area contributed by atoms with Gasteiger partial charge >= 0.3 is 0 Å². The Morgan fingerprint density at radius 3 is 2.24 bits per heavy atom. The highest BCUT2D eigenvalue weighted by Gasteiger charge is 2.32. The molecular weight excluding hydrogens is 360 g/mol. The SMILES string of the molecule is CC[C@H](C(=O)NC1CCCCCC1)N(c1ccc(Cl)cc1)S(C)(=O)=O. The second-order valence-electron chi connectivity index (χ2n) is 6.66. The molecule has 1 aliphatic rings. The monoisotopic (exact) mass is 386 g/mol. The minimum absolute atomic E-state index is 0.135. The van der Waals surface area contributed by atoms with E-state index < -0.39 is 16.1 Å². The van der Waals surface area contributed by atoms with Crippen molar-refractivity contribution in [3.63, 3.8) is 0 Å². The molecule has 0 aromatic heterocycles. The fourth-order valence-electron chi connectivity index (χ4n) is 3.37. The Morgan fingerprint density at radius 2 is 1.76 bits per heavy atom. The molecule has 0 bridgehead atoms. The zero-order chi connectivity index (χ0) is 18.4. The van der Waals surface area contributed by atoms with Crippen molar-refractivity contribution < 1.29 is 13.2 Å². The van der Waals surface area contributed by atoms with Gasteiger partial charge in [0, 0.05) is 11.1 Å². The fraction of sp³-hybridized carbons (Fsp3) is 0.611. The van der Waals surface area contributed by atoms with E-state index in [1.165, 1.54) is 17.1 Å². The summed E-state index contributed by atoms with van der Waals surface area (Å²) in [6.07, 6.45) is 8.05. The quantitative estimate of drug-likeness (QED) is 0.757. The molecule has 7 heteroatoms. The maximum absolute atomic E-state index is 12.8. The Balaban J connectivity index is 2.23. The van der Waals surface area contributed by atoms with Gasteiger partial charge in [-0.1, -0.05) is 44.2 Å². The molecule has 25 heavy (non-hydrogen) atoms. The number of benzene rings is 1. The lowest BCUT2D eigenvalue weighted by molar-refractivity contribution is -0.123. The van der Waals surface area contributed by atoms with Crippen molar-refractivity contribution in [2.24, 2.45) is 0 Å². The van der Waals surface area contributed by atoms with Gasteiger partial charge in [-0.25, -0.2) is 8.42 Å². The first-order chi connectivity index (χ1) is 11.8. The van der Waals surface area contributed by atoms with Gasteiger partial charge in [-0.15, -0.1) is 0 Å². The van der Waals surface area contributed by atoms with Crippen molar-refractivity contribution in [2.45, 2.75) is 64.0 Å². The third-order valence-corrected chi connectivity index (χ3v) is 6.04. The summed E-state index contributed by atoms with van der Waals surface area (Å²) < 4.78 is 26.0. The molecule has 0 radical (unpaired) electrons. The molecule has 5 nitrogen and oxygen atoms in total. The smallest absolute Gasteiger partial charge is 0.244 e. The minimum Gasteiger partial charge on any atom is -0.352 e. The van der Waals surface area contributed by atoms with Crippen LogP contribution in [0, 0.1) is 0 Å². The highest BCUT2D eigenvalue weighted by atomic mass is 35.5. The Labute approximate surface area is 155 Å². The minimum atomic E-state index is -3.61. The first-order valence-corrected chi connectivity index (χ1v) is 11.1. The largest absolute Gasteiger partial charge is 0.352 e. The highest BCUT2D eigenvalue weighted by molar-refractivity contribution is 7.92. The molecular formula is C18H27ClN2O3S. The first-order valence-electron chi connectivity index (χ1n) is 8.88. The van der Waals surface area contributed by atoms with Gasteiger partial charge in [0.15, 0.2) is 0 Å². The second kappa shape index (κ2) is 8.90. The number of nitrogens with zero attached hydrogens (tertiary/aromatic N) is 1. The molecule has 2 rings (SSSR count). The number of halogens is 1. The van der Waals surface area contributed by atoms with Crippen molar-refractivity contribution in [2.75, 3.05) is 10.6 Å². The fourth-order valence-corrected chi connectivity index (χ4v) is 4.71. The predicted molar refractivity (Wildman–Crippen MR) is 102 cm³/mol. The molecule has 1 saturated carbocycles. The van der Waals surface area contributed by atoms with Crippen LogP contribution in [0.25, 0.3) is 0 Å². The Bertz CT molecular complexity index is 668. The predicted octanol–water partition coefficient (Wildman–Crippen LogP) is 3.72. The van der Waals surface area contributed by atoms with Crippen molar-refractivity contribution >= 4 is 33.2 Å². The summed E-state index contributed by atoms with van der Waals surface area (Å²) in [5, 5.41) is 3.59. The number of anilines is 1. The summed E-state index contributed by atoms with van der Waals surface area (Å²) in [6.45, 7) is 1.82. The third-order valence-electron chi connectivity index (χ3n) is 4.61. The number of amides is 1. The summed E-state index contributed by atoms with van der Waals surface area (Å²) in [5.41, 5.74) is 0.453. The highest BCUT2D eigenvalue weighted by Crippen LogP contribution is 2.25. The standard InChI is InChI=1S/C18H27ClN2O3S/c1-3-17(18(22)20-15-8-6-4-5-7-9-15)21(25(2,23)24)16-12-10-14(19)11-13-16/h10-13,15,17H,3-9H2,1-2H3,(H,20,22)/t17-/m1/s1. The molecule has 1 atom stereocenters. The number of hydrogen-bond donors (Lipinski definition) is 1. The molecule has 0 saturated heterocycles. The number of rotatable bonds is 6. The average molecular weight is 387 g/mol. The van der Waals surface area contributed by atoms with Crippen molar-refractivity contribution in [3.8, 4) is 0 Å². The van der Waals surface area contributed by atoms with Gasteiger partial charge in [-0.05, 0) is 43.5 Å². The lowest BCUT2D eigenvalue weighted by Gasteiger charge is -2.31. The molecule has 1 aliphatic carbocycles. The van der Waals surface area contributed by atoms with Crippen LogP contribution in [-0.2, 0) is 14.8 Å². The van der Waals surface area contributed by atoms with E-state index in [9.17, 15) is 13.2 Å². The Hall–Kier alpha value is -1.27. The van der Waals surface area contributed by atoms with Crippen molar-refractivity contribution in [1.82, 2.24) is 5.32 Å². The molecule has 1 fully saturated rings. The van der Waals surface area contributed by atoms with Gasteiger partial charge in [0.2, 0.25) is 15.9 Å². The lowest BCUT2D eigenvalue weighted by Crippen LogP contribution is -2.51. The van der Waals surface area contributed by atoms with E-state index in [0.717, 1.165) is 31.9 Å². The van der Waals surface area contributed by atoms with E-state index in [1.54, 1.807) is 24.3 Å². The van der Waals surface area contributed by atoms with E-state index in [1.807, 2.05) is 6.92 Å². The molecule has 1 aromatic carbocycles. The summed E-state index contributed by atoms with van der Waals surface area (Å²) >= 11 is 5.90. The van der Waals surface area contributed by atoms with Crippen molar-refractivity contribution in [3.05, 3.63) is 29.3 Å². The first kappa shape index (κ1) is 20.0. The zero-order valence-corrected chi connectivity index (χ0v) is 16.4. The number of carbonyl (C=O) groups is 1. The van der Waals surface area contributed by atoms with E-state index >= 15 is 0 Å². The number of carbonyl (C=O) groups excluding carboxylic acids is 1. The number of sulfonamides is 1. The Morgan fingerprint density at radius 1 is 1.20 bits per heavy atom. The average Bonchev–Trinajstić information content (AvgIpc) is 2.81. The van der Waals surface area contributed by atoms with Crippen molar-refractivity contribution in [1.29, 1.82) is 0 Å². The molecule has 0 spiro atoms. The number of hydrogen-bond acceptors (Lipinski definition) is 3. The molecule has 0 unspecified atom stereocenters. The Kier molecular flexibility index (Phi) is 7.14. The van der Waals surface area contributed by atoms with Crippen LogP contribution in [0.15, 0.2) is 24.3 Å². The topological polar surface area (TPSA) is 66.5 Å². The van der Waals surface area contributed by atoms with Crippen LogP contribution in [-0.4, -0.2) is 32.7 Å². The van der Waals surface area contributed by atoms with Crippen LogP contribution < -0.4 is 9.62 Å². The van der Waals surface area contributed by atoms with E-state index in [4.69, 9.17) is 11.6 Å². The maximum Gasteiger partial charge on any atom is 0.244 e. The summed E-state index contributed by atoms with van der Waals surface area (Å²) in [7, 11) is -3.61. The van der Waals surface area contributed by atoms with Gasteiger partial charge in [-0.3, -0.25) is 9.10 Å². The van der Waals surface area contributed by atoms with Gasteiger partial charge in [0.05, 0.1) is 11.9 Å². The second-order valence-corrected chi connectivity index (χ2v) is 8.95. The van der Waals surface area contributed by atoms with Crippen LogP contribution in [0.4, 0.5) is 5.69 Å². The van der Waals surface area contributed by atoms with E-state index in [2.05, 4.69) is 5.32 Å². The summed E-state index contributed by atoms with van der Waals surface area (Å²) in [6, 6.07) is 5.89. The lowest BCUT2D eigenvalue weighted by atomic mass is 10.1. The van der Waals surface area contributed by atoms with E-state index in [-0.39, 0.29) is 11.9 Å². The normalized spacial score (nSPS) is 17.6. The molecule has 1 aromatic rings.